The van der Waals surface area contributed by atoms with Crippen LogP contribution in [0, 0.1) is 0 Å². The minimum atomic E-state index is -0.248. The van der Waals surface area contributed by atoms with Crippen LogP contribution in [0.2, 0.25) is 5.02 Å². The molecule has 168 valence electrons. The molecule has 8 nitrogen and oxygen atoms in total. The molecular weight excluding hydrogens is 460 g/mol. The second-order valence-electron chi connectivity index (χ2n) is 6.97. The molecule has 10 heteroatoms. The van der Waals surface area contributed by atoms with E-state index in [4.69, 9.17) is 16.3 Å². The lowest BCUT2D eigenvalue weighted by molar-refractivity contribution is -0.118. The van der Waals surface area contributed by atoms with Crippen LogP contribution >= 0.6 is 23.4 Å². The maximum absolute atomic E-state index is 12.3. The normalized spacial score (nSPS) is 11.1. The van der Waals surface area contributed by atoms with E-state index >= 15 is 0 Å². The molecule has 0 fully saturated rings. The van der Waals surface area contributed by atoms with Gasteiger partial charge in [0.2, 0.25) is 0 Å². The predicted octanol–water partition coefficient (Wildman–Crippen LogP) is 4.18. The van der Waals surface area contributed by atoms with E-state index in [1.165, 1.54) is 11.8 Å². The zero-order valence-corrected chi connectivity index (χ0v) is 19.5. The monoisotopic (exact) mass is 480 g/mol. The smallest absolute Gasteiger partial charge is 0.250 e. The average molecular weight is 481 g/mol. The number of ether oxygens (including phenoxy) is 1. The summed E-state index contributed by atoms with van der Waals surface area (Å²) < 4.78 is 9.04. The molecule has 0 aliphatic rings. The summed E-state index contributed by atoms with van der Waals surface area (Å²) in [5.41, 5.74) is 5.12. The first kappa shape index (κ1) is 22.6. The van der Waals surface area contributed by atoms with Crippen molar-refractivity contribution in [2.45, 2.75) is 5.16 Å². The Kier molecular flexibility index (Phi) is 7.11. The molecule has 0 aliphatic carbocycles. The van der Waals surface area contributed by atoms with Crippen LogP contribution in [0.4, 0.5) is 0 Å². The van der Waals surface area contributed by atoms with Gasteiger partial charge in [-0.1, -0.05) is 23.4 Å². The van der Waals surface area contributed by atoms with Gasteiger partial charge in [0.1, 0.15) is 5.75 Å². The Morgan fingerprint density at radius 2 is 1.91 bits per heavy atom. The minimum absolute atomic E-state index is 0.124. The number of methoxy groups -OCH3 is 1. The third kappa shape index (κ3) is 5.44. The van der Waals surface area contributed by atoms with Crippen molar-refractivity contribution in [1.29, 1.82) is 0 Å². The highest BCUT2D eigenvalue weighted by atomic mass is 35.5. The minimum Gasteiger partial charge on any atom is -0.497 e. The third-order valence-corrected chi connectivity index (χ3v) is 5.95. The van der Waals surface area contributed by atoms with E-state index in [1.54, 1.807) is 25.5 Å². The number of thioether (sulfide) groups is 1. The number of aryl methyl sites for hydroxylation is 1. The second-order valence-corrected chi connectivity index (χ2v) is 8.35. The molecule has 0 saturated carbocycles. The van der Waals surface area contributed by atoms with E-state index < -0.39 is 0 Å². The summed E-state index contributed by atoms with van der Waals surface area (Å²) in [6.45, 7) is 0. The van der Waals surface area contributed by atoms with E-state index in [1.807, 2.05) is 70.9 Å². The van der Waals surface area contributed by atoms with Crippen LogP contribution in [0.1, 0.15) is 5.69 Å². The number of carbonyl (C=O) groups is 1. The van der Waals surface area contributed by atoms with Crippen molar-refractivity contribution in [1.82, 2.24) is 24.8 Å². The summed E-state index contributed by atoms with van der Waals surface area (Å²) in [5, 5.41) is 13.9. The lowest BCUT2D eigenvalue weighted by atomic mass is 10.2. The van der Waals surface area contributed by atoms with E-state index in [9.17, 15) is 4.79 Å². The van der Waals surface area contributed by atoms with Crippen molar-refractivity contribution in [3.63, 3.8) is 0 Å². The maximum atomic E-state index is 12.3. The van der Waals surface area contributed by atoms with E-state index in [0.29, 0.717) is 16.0 Å². The number of rotatable bonds is 8. The highest BCUT2D eigenvalue weighted by Crippen LogP contribution is 2.29. The van der Waals surface area contributed by atoms with Gasteiger partial charge in [-0.15, -0.1) is 10.2 Å². The number of carbonyl (C=O) groups excluding carboxylic acids is 1. The quantitative estimate of drug-likeness (QED) is 0.232. The van der Waals surface area contributed by atoms with Crippen LogP contribution in [-0.4, -0.2) is 44.3 Å². The average Bonchev–Trinajstić information content (AvgIpc) is 3.44. The van der Waals surface area contributed by atoms with Gasteiger partial charge in [0.15, 0.2) is 11.0 Å². The summed E-state index contributed by atoms with van der Waals surface area (Å²) in [6.07, 6.45) is 3.50. The predicted molar refractivity (Wildman–Crippen MR) is 130 cm³/mol. The highest BCUT2D eigenvalue weighted by Gasteiger charge is 2.17. The van der Waals surface area contributed by atoms with Crippen LogP contribution in [-0.2, 0) is 11.8 Å². The second kappa shape index (κ2) is 10.4. The lowest BCUT2D eigenvalue weighted by Crippen LogP contribution is -2.20. The van der Waals surface area contributed by atoms with Gasteiger partial charge >= 0.3 is 0 Å². The maximum Gasteiger partial charge on any atom is 0.250 e. The summed E-state index contributed by atoms with van der Waals surface area (Å²) in [6, 6.07) is 18.7. The molecule has 0 bridgehead atoms. The number of hydrogen-bond donors (Lipinski definition) is 1. The summed E-state index contributed by atoms with van der Waals surface area (Å²) in [5.74, 6) is 1.27. The molecule has 4 rings (SSSR count). The fraction of sp³-hybridized carbons (Fsp3) is 0.130. The van der Waals surface area contributed by atoms with Gasteiger partial charge in [-0.3, -0.25) is 9.36 Å². The van der Waals surface area contributed by atoms with Gasteiger partial charge < -0.3 is 9.30 Å². The van der Waals surface area contributed by atoms with Gasteiger partial charge in [0, 0.05) is 29.5 Å². The Morgan fingerprint density at radius 1 is 1.15 bits per heavy atom. The van der Waals surface area contributed by atoms with Gasteiger partial charge in [0.05, 0.1) is 24.8 Å². The van der Waals surface area contributed by atoms with E-state index in [0.717, 1.165) is 22.7 Å². The van der Waals surface area contributed by atoms with Crippen molar-refractivity contribution in [2.75, 3.05) is 12.9 Å². The molecule has 0 atom stereocenters. The zero-order chi connectivity index (χ0) is 23.2. The number of hydrogen-bond acceptors (Lipinski definition) is 6. The number of halogens is 1. The third-order valence-electron chi connectivity index (χ3n) is 4.77. The molecule has 2 heterocycles. The number of nitrogens with one attached hydrogen (secondary N) is 1. The number of amides is 1. The van der Waals surface area contributed by atoms with Crippen molar-refractivity contribution in [3.05, 3.63) is 77.6 Å². The van der Waals surface area contributed by atoms with Crippen LogP contribution < -0.4 is 10.2 Å². The molecule has 0 unspecified atom stereocenters. The first-order chi connectivity index (χ1) is 16.0. The van der Waals surface area contributed by atoms with Crippen LogP contribution in [0.3, 0.4) is 0 Å². The van der Waals surface area contributed by atoms with Crippen molar-refractivity contribution < 1.29 is 9.53 Å². The first-order valence-corrected chi connectivity index (χ1v) is 11.3. The largest absolute Gasteiger partial charge is 0.497 e. The fourth-order valence-electron chi connectivity index (χ4n) is 3.05. The number of benzene rings is 2. The summed E-state index contributed by atoms with van der Waals surface area (Å²) >= 11 is 7.34. The SMILES string of the molecule is COc1ccc(-c2nnc(SCC(=O)N/N=C\c3cccn3C)n2-c2ccc(Cl)cc2)cc1. The Bertz CT molecular complexity index is 1270. The summed E-state index contributed by atoms with van der Waals surface area (Å²) in [4.78, 5) is 12.3. The Hall–Kier alpha value is -3.56. The van der Waals surface area contributed by atoms with Crippen LogP contribution in [0.25, 0.3) is 17.1 Å². The Balaban J connectivity index is 1.54. The molecule has 33 heavy (non-hydrogen) atoms. The van der Waals surface area contributed by atoms with Crippen LogP contribution in [0.15, 0.2) is 77.1 Å². The number of hydrazone groups is 1. The van der Waals surface area contributed by atoms with Crippen molar-refractivity contribution >= 4 is 35.5 Å². The van der Waals surface area contributed by atoms with Gasteiger partial charge in [0.25, 0.3) is 5.91 Å². The molecule has 2 aromatic heterocycles. The topological polar surface area (TPSA) is 86.3 Å². The molecule has 0 aliphatic heterocycles. The van der Waals surface area contributed by atoms with Crippen molar-refractivity contribution in [2.24, 2.45) is 12.1 Å². The first-order valence-electron chi connectivity index (χ1n) is 9.97. The molecule has 2 aromatic carbocycles. The van der Waals surface area contributed by atoms with Gasteiger partial charge in [-0.2, -0.15) is 5.10 Å². The molecule has 0 radical (unpaired) electrons. The Labute approximate surface area is 200 Å². The highest BCUT2D eigenvalue weighted by molar-refractivity contribution is 7.99. The lowest BCUT2D eigenvalue weighted by Gasteiger charge is -2.11. The number of aromatic nitrogens is 4. The molecule has 0 spiro atoms. The number of nitrogens with zero attached hydrogens (tertiary/aromatic N) is 5. The molecule has 0 saturated heterocycles. The molecule has 1 N–H and O–H groups in total. The molecular formula is C23H21ClN6O2S. The Morgan fingerprint density at radius 3 is 2.58 bits per heavy atom. The molecule has 4 aromatic rings. The molecule has 1 amide bonds. The van der Waals surface area contributed by atoms with Crippen LogP contribution in [0.5, 0.6) is 5.75 Å². The standard InChI is InChI=1S/C23H21ClN6O2S/c1-29-13-3-4-19(29)14-25-26-21(31)15-33-23-28-27-22(16-5-11-20(32-2)12-6-16)30(23)18-9-7-17(24)8-10-18/h3-14H,15H2,1-2H3,(H,26,31)/b25-14-. The van der Waals surface area contributed by atoms with E-state index in [-0.39, 0.29) is 11.7 Å². The fourth-order valence-corrected chi connectivity index (χ4v) is 3.92. The van der Waals surface area contributed by atoms with E-state index in [2.05, 4.69) is 20.7 Å². The summed E-state index contributed by atoms with van der Waals surface area (Å²) in [7, 11) is 3.53. The van der Waals surface area contributed by atoms with Crippen molar-refractivity contribution in [3.8, 4) is 22.8 Å². The van der Waals surface area contributed by atoms with Gasteiger partial charge in [-0.05, 0) is 60.7 Å². The zero-order valence-electron chi connectivity index (χ0n) is 18.0. The van der Waals surface area contributed by atoms with Gasteiger partial charge in [-0.25, -0.2) is 5.43 Å².